The lowest BCUT2D eigenvalue weighted by molar-refractivity contribution is 0.476. The van der Waals surface area contributed by atoms with Crippen LogP contribution < -0.4 is 0 Å². The zero-order valence-corrected chi connectivity index (χ0v) is 16.7. The van der Waals surface area contributed by atoms with E-state index in [1.165, 1.54) is 33.9 Å². The fourth-order valence-corrected chi connectivity index (χ4v) is 5.86. The number of nitrogens with one attached hydrogen (secondary N) is 1. The minimum Gasteiger partial charge on any atom is -0.508 e. The summed E-state index contributed by atoms with van der Waals surface area (Å²) in [7, 11) is 0. The molecule has 0 spiro atoms. The van der Waals surface area contributed by atoms with Crippen LogP contribution in [0.25, 0.3) is 28.5 Å². The molecule has 4 nitrogen and oxygen atoms in total. The van der Waals surface area contributed by atoms with E-state index in [1.54, 1.807) is 6.07 Å². The van der Waals surface area contributed by atoms with Crippen molar-refractivity contribution in [3.8, 4) is 17.1 Å². The van der Waals surface area contributed by atoms with E-state index >= 15 is 0 Å². The number of allylic oxidation sites excluding steroid dienone is 3. The smallest absolute Gasteiger partial charge is 0.142 e. The van der Waals surface area contributed by atoms with Gasteiger partial charge in [-0.1, -0.05) is 19.1 Å². The number of nitrogens with zero attached hydrogens (tertiary/aromatic N) is 2. The van der Waals surface area contributed by atoms with Crippen molar-refractivity contribution < 1.29 is 5.11 Å². The first-order valence-electron chi connectivity index (χ1n) is 10.1. The highest BCUT2D eigenvalue weighted by molar-refractivity contribution is 8.03. The van der Waals surface area contributed by atoms with E-state index in [2.05, 4.69) is 40.9 Å². The van der Waals surface area contributed by atoms with E-state index in [0.29, 0.717) is 23.5 Å². The SMILES string of the molecule is CC1C=C(CCn2c(-c3c[nH]c4c3C3CC3C=C4)nc3ccc(O)cc32)SC1. The highest BCUT2D eigenvalue weighted by atomic mass is 32.2. The lowest BCUT2D eigenvalue weighted by atomic mass is 9.99. The van der Waals surface area contributed by atoms with Crippen LogP contribution in [-0.2, 0) is 6.54 Å². The quantitative estimate of drug-likeness (QED) is 0.617. The van der Waals surface area contributed by atoms with Gasteiger partial charge in [0.25, 0.3) is 0 Å². The molecule has 142 valence electrons. The van der Waals surface area contributed by atoms with Gasteiger partial charge in [-0.3, -0.25) is 0 Å². The summed E-state index contributed by atoms with van der Waals surface area (Å²) in [5, 5.41) is 10.1. The van der Waals surface area contributed by atoms with Gasteiger partial charge in [-0.05, 0) is 59.3 Å². The molecule has 2 N–H and O–H groups in total. The van der Waals surface area contributed by atoms with Gasteiger partial charge in [0, 0.05) is 35.8 Å². The van der Waals surface area contributed by atoms with Gasteiger partial charge in [-0.15, -0.1) is 11.8 Å². The zero-order chi connectivity index (χ0) is 18.8. The second kappa shape index (κ2) is 6.05. The molecular weight excluding hydrogens is 366 g/mol. The Morgan fingerprint density at radius 3 is 3.14 bits per heavy atom. The standard InChI is InChI=1S/C23H23N3OS/c1-13-8-16(28-12-13)6-7-26-21-10-15(27)3-5-19(21)25-23(26)18-11-24-20-4-2-14-9-17(14)22(18)20/h2-5,8,10-11,13-14,17,24,27H,6-7,9,12H2,1H3. The van der Waals surface area contributed by atoms with E-state index < -0.39 is 0 Å². The molecule has 5 heteroatoms. The van der Waals surface area contributed by atoms with Gasteiger partial charge < -0.3 is 14.7 Å². The summed E-state index contributed by atoms with van der Waals surface area (Å²) in [6.45, 7) is 3.16. The second-order valence-electron chi connectivity index (χ2n) is 8.33. The van der Waals surface area contributed by atoms with Crippen molar-refractivity contribution in [1.82, 2.24) is 14.5 Å². The number of imidazole rings is 1. The summed E-state index contributed by atoms with van der Waals surface area (Å²) in [6.07, 6.45) is 11.3. The number of H-pyrrole nitrogens is 1. The average molecular weight is 390 g/mol. The molecule has 0 bridgehead atoms. The number of hydrogen-bond donors (Lipinski definition) is 2. The van der Waals surface area contributed by atoms with Gasteiger partial charge in [-0.2, -0.15) is 0 Å². The molecule has 2 aromatic heterocycles. The molecule has 3 heterocycles. The predicted molar refractivity (Wildman–Crippen MR) is 115 cm³/mol. The van der Waals surface area contributed by atoms with Crippen molar-refractivity contribution in [1.29, 1.82) is 0 Å². The lowest BCUT2D eigenvalue weighted by Gasteiger charge is -2.12. The Hall–Kier alpha value is -2.40. The molecule has 3 atom stereocenters. The number of aromatic nitrogens is 3. The number of phenols is 1. The topological polar surface area (TPSA) is 53.8 Å². The van der Waals surface area contributed by atoms with E-state index in [0.717, 1.165) is 29.8 Å². The van der Waals surface area contributed by atoms with Crippen LogP contribution in [0.4, 0.5) is 0 Å². The Morgan fingerprint density at radius 2 is 2.29 bits per heavy atom. The minimum absolute atomic E-state index is 0.296. The monoisotopic (exact) mass is 389 g/mol. The van der Waals surface area contributed by atoms with Gasteiger partial charge in [-0.25, -0.2) is 4.98 Å². The molecule has 0 saturated heterocycles. The Morgan fingerprint density at radius 1 is 1.36 bits per heavy atom. The third kappa shape index (κ3) is 2.56. The van der Waals surface area contributed by atoms with Gasteiger partial charge in [0.1, 0.15) is 11.6 Å². The molecule has 1 fully saturated rings. The van der Waals surface area contributed by atoms with Crippen molar-refractivity contribution in [3.05, 3.63) is 52.7 Å². The largest absolute Gasteiger partial charge is 0.508 e. The highest BCUT2D eigenvalue weighted by Crippen LogP contribution is 2.55. The fourth-order valence-electron chi connectivity index (χ4n) is 4.72. The third-order valence-electron chi connectivity index (χ3n) is 6.23. The fraction of sp³-hybridized carbons (Fsp3) is 0.348. The molecule has 0 radical (unpaired) electrons. The first-order valence-corrected chi connectivity index (χ1v) is 11.1. The normalized spacial score (nSPS) is 25.0. The van der Waals surface area contributed by atoms with Crippen LogP contribution in [0.3, 0.4) is 0 Å². The van der Waals surface area contributed by atoms with Crippen molar-refractivity contribution in [2.75, 3.05) is 5.75 Å². The van der Waals surface area contributed by atoms with E-state index in [4.69, 9.17) is 4.98 Å². The van der Waals surface area contributed by atoms with Crippen molar-refractivity contribution >= 4 is 28.9 Å². The molecule has 2 aliphatic carbocycles. The minimum atomic E-state index is 0.296. The maximum Gasteiger partial charge on any atom is 0.142 e. The summed E-state index contributed by atoms with van der Waals surface area (Å²) < 4.78 is 2.30. The lowest BCUT2D eigenvalue weighted by Crippen LogP contribution is -2.02. The van der Waals surface area contributed by atoms with Crippen molar-refractivity contribution in [3.63, 3.8) is 0 Å². The van der Waals surface area contributed by atoms with Crippen molar-refractivity contribution in [2.24, 2.45) is 11.8 Å². The Balaban J connectivity index is 1.46. The number of aromatic amines is 1. The second-order valence-corrected chi connectivity index (χ2v) is 9.47. The number of aryl methyl sites for hydroxylation is 1. The first-order chi connectivity index (χ1) is 13.7. The molecular formula is C23H23N3OS. The molecule has 3 aromatic rings. The van der Waals surface area contributed by atoms with E-state index in [1.807, 2.05) is 23.9 Å². The summed E-state index contributed by atoms with van der Waals surface area (Å²) in [4.78, 5) is 9.94. The molecule has 6 rings (SSSR count). The Labute approximate surface area is 168 Å². The summed E-state index contributed by atoms with van der Waals surface area (Å²) >= 11 is 1.98. The number of phenolic OH excluding ortho intramolecular Hbond substituents is 1. The van der Waals surface area contributed by atoms with Crippen LogP contribution in [0.2, 0.25) is 0 Å². The maximum absolute atomic E-state index is 10.1. The molecule has 1 aliphatic heterocycles. The zero-order valence-electron chi connectivity index (χ0n) is 15.9. The predicted octanol–water partition coefficient (Wildman–Crippen LogP) is 5.52. The van der Waals surface area contributed by atoms with Crippen molar-refractivity contribution in [2.45, 2.75) is 32.2 Å². The Bertz CT molecular complexity index is 1150. The Kier molecular flexibility index (Phi) is 3.57. The van der Waals surface area contributed by atoms with Crippen LogP contribution >= 0.6 is 11.8 Å². The molecule has 1 aromatic carbocycles. The molecule has 1 saturated carbocycles. The van der Waals surface area contributed by atoms with Crippen LogP contribution in [0, 0.1) is 11.8 Å². The highest BCUT2D eigenvalue weighted by Gasteiger charge is 2.42. The van der Waals surface area contributed by atoms with Gasteiger partial charge in [0.2, 0.25) is 0 Å². The van der Waals surface area contributed by atoms with Crippen LogP contribution in [0.1, 0.15) is 36.9 Å². The summed E-state index contributed by atoms with van der Waals surface area (Å²) in [5.41, 5.74) is 5.85. The summed E-state index contributed by atoms with van der Waals surface area (Å²) in [5.74, 6) is 4.51. The molecule has 28 heavy (non-hydrogen) atoms. The van der Waals surface area contributed by atoms with E-state index in [9.17, 15) is 5.11 Å². The van der Waals surface area contributed by atoms with E-state index in [-0.39, 0.29) is 0 Å². The number of aromatic hydroxyl groups is 1. The van der Waals surface area contributed by atoms with Gasteiger partial charge in [0.05, 0.1) is 11.0 Å². The summed E-state index contributed by atoms with van der Waals surface area (Å²) in [6, 6.07) is 5.51. The number of rotatable bonds is 4. The first kappa shape index (κ1) is 16.5. The van der Waals surface area contributed by atoms with Crippen LogP contribution in [0.15, 0.2) is 41.5 Å². The number of thioether (sulfide) groups is 1. The molecule has 3 unspecified atom stereocenters. The maximum atomic E-state index is 10.1. The third-order valence-corrected chi connectivity index (χ3v) is 7.63. The number of hydrogen-bond acceptors (Lipinski definition) is 3. The van der Waals surface area contributed by atoms with Crippen LogP contribution in [0.5, 0.6) is 5.75 Å². The average Bonchev–Trinajstić information content (AvgIpc) is 3.00. The van der Waals surface area contributed by atoms with Gasteiger partial charge in [0.15, 0.2) is 0 Å². The number of benzene rings is 1. The van der Waals surface area contributed by atoms with Crippen LogP contribution in [-0.4, -0.2) is 25.4 Å². The molecule has 3 aliphatic rings. The van der Waals surface area contributed by atoms with Gasteiger partial charge >= 0.3 is 0 Å². The number of fused-ring (bicyclic) bond motifs is 4. The molecule has 0 amide bonds.